The largest absolute Gasteiger partial charge is 0.460 e. The van der Waals surface area contributed by atoms with Gasteiger partial charge in [-0.1, -0.05) is 69.7 Å². The number of sulfonamides is 1. The minimum atomic E-state index is -3.74. The fourth-order valence-electron chi connectivity index (χ4n) is 10.1. The van der Waals surface area contributed by atoms with E-state index >= 15 is 0 Å². The summed E-state index contributed by atoms with van der Waals surface area (Å²) in [6.07, 6.45) is 13.0. The number of carbonyl (C=O) groups excluding carboxylic acids is 5. The number of Topliss-reactive ketones (excluding diaryl/α,β-unsaturated/α-hetero) is 3. The van der Waals surface area contributed by atoms with Gasteiger partial charge in [0.05, 0.1) is 30.7 Å². The number of aliphatic hydroxyl groups excluding tert-OH is 1. The van der Waals surface area contributed by atoms with Crippen LogP contribution in [0.25, 0.3) is 0 Å². The van der Waals surface area contributed by atoms with E-state index in [1.54, 1.807) is 72.1 Å². The predicted octanol–water partition coefficient (Wildman–Crippen LogP) is 5.51. The van der Waals surface area contributed by atoms with Crippen molar-refractivity contribution >= 4 is 39.2 Å². The van der Waals surface area contributed by atoms with Gasteiger partial charge in [-0.15, -0.1) is 0 Å². The van der Waals surface area contributed by atoms with Crippen molar-refractivity contribution in [2.45, 2.75) is 186 Å². The van der Waals surface area contributed by atoms with Crippen LogP contribution < -0.4 is 4.72 Å². The zero-order valence-electron chi connectivity index (χ0n) is 44.0. The number of nitrogens with zero attached hydrogens (tertiary/aromatic N) is 1. The molecule has 17 nitrogen and oxygen atoms in total. The van der Waals surface area contributed by atoms with Gasteiger partial charge in [0.1, 0.15) is 30.1 Å². The van der Waals surface area contributed by atoms with Gasteiger partial charge in [0.15, 0.2) is 5.78 Å². The van der Waals surface area contributed by atoms with Gasteiger partial charge >= 0.3 is 5.97 Å². The number of hydrogen-bond donors (Lipinski definition) is 3. The summed E-state index contributed by atoms with van der Waals surface area (Å²) in [5.74, 6) is -8.84. The molecule has 71 heavy (non-hydrogen) atoms. The van der Waals surface area contributed by atoms with E-state index in [4.69, 9.17) is 28.4 Å². The molecule has 402 valence electrons. The Hall–Kier alpha value is -3.46. The monoisotopic (exact) mass is 1020 g/mol. The van der Waals surface area contributed by atoms with Crippen molar-refractivity contribution in [3.05, 3.63) is 47.6 Å². The SMILES string of the molecule is COC1C(=O)C(C)CC\C=C/C=C\C=C(\C)C(NS(C)(=O)=O)C[C@H]2CC[C@H](C)[C@](O)(O2)C(=O)C(=O)N(C)C(C)C(=O)OC([C@H](C)C[C@@H]2CC[C@@H](OC3CCOCC3)[C@H](OC)C2)CC(=O)C(C)/C=C(/C)C1O. The second kappa shape index (κ2) is 27.7. The number of hydrogen-bond acceptors (Lipinski definition) is 15. The van der Waals surface area contributed by atoms with Crippen LogP contribution in [0.15, 0.2) is 47.6 Å². The second-order valence-electron chi connectivity index (χ2n) is 20.7. The maximum Gasteiger partial charge on any atom is 0.328 e. The highest BCUT2D eigenvalue weighted by Gasteiger charge is 2.52. The van der Waals surface area contributed by atoms with Crippen molar-refractivity contribution < 1.29 is 71.0 Å². The molecule has 7 unspecified atom stereocenters. The van der Waals surface area contributed by atoms with Crippen molar-refractivity contribution in [3.8, 4) is 0 Å². The van der Waals surface area contributed by atoms with E-state index in [2.05, 4.69) is 4.72 Å². The van der Waals surface area contributed by atoms with E-state index in [0.29, 0.717) is 56.5 Å². The molecule has 0 spiro atoms. The molecule has 1 saturated carbocycles. The van der Waals surface area contributed by atoms with Crippen molar-refractivity contribution in [3.63, 3.8) is 0 Å². The van der Waals surface area contributed by atoms with Crippen molar-refractivity contribution in [2.75, 3.05) is 40.7 Å². The van der Waals surface area contributed by atoms with Crippen LogP contribution in [0.4, 0.5) is 0 Å². The molecule has 3 N–H and O–H groups in total. The Kier molecular flexibility index (Phi) is 23.5. The van der Waals surface area contributed by atoms with Crippen LogP contribution in [0.2, 0.25) is 0 Å². The van der Waals surface area contributed by atoms with E-state index in [1.807, 2.05) is 13.0 Å². The van der Waals surface area contributed by atoms with E-state index in [1.165, 1.54) is 21.1 Å². The molecule has 3 heterocycles. The summed E-state index contributed by atoms with van der Waals surface area (Å²) in [4.78, 5) is 70.9. The Labute approximate surface area is 422 Å². The summed E-state index contributed by atoms with van der Waals surface area (Å²) >= 11 is 0. The Morgan fingerprint density at radius 1 is 0.887 bits per heavy atom. The number of ether oxygens (including phenoxy) is 6. The number of rotatable bonds is 9. The number of likely N-dealkylation sites (N-methyl/N-ethyl adjacent to an activating group) is 1. The van der Waals surface area contributed by atoms with Gasteiger partial charge < -0.3 is 43.5 Å². The summed E-state index contributed by atoms with van der Waals surface area (Å²) < 4.78 is 63.4. The first-order valence-electron chi connectivity index (χ1n) is 25.5. The maximum absolute atomic E-state index is 14.2. The topological polar surface area (TPSA) is 231 Å². The van der Waals surface area contributed by atoms with Gasteiger partial charge in [-0.25, -0.2) is 17.9 Å². The molecule has 0 aromatic rings. The standard InChI is InChI=1S/C53H84N2O15S/c1-32-17-15-13-12-14-16-18-33(2)47(57)49(66-10)48(58)36(5)27-34(3)43(56)31-45(35(4)28-39-20-22-44(46(29-39)65-9)68-40-23-25-67-26-24-40)69-52(61)38(7)55(8)51(60)50(59)53(62)37(6)19-21-41(70-53)30-42(32)54-71(11,63)64/h12-15,17,27,33-35,37-42,44-46,48-49,54,58,62H,16,18-26,28-31H2,1-11H3/b14-12-,15-13-,32-17-,36-27-/t33?,34?,35-,37+,38?,39+,41-,42?,44-,45?,46-,48?,49?,53+/m1/s1. The molecule has 1 aliphatic carbocycles. The molecule has 0 aromatic carbocycles. The second-order valence-corrected chi connectivity index (χ2v) is 22.5. The lowest BCUT2D eigenvalue weighted by molar-refractivity contribution is -0.263. The van der Waals surface area contributed by atoms with Gasteiger partial charge in [0.25, 0.3) is 11.7 Å². The first-order chi connectivity index (χ1) is 33.4. The highest BCUT2D eigenvalue weighted by atomic mass is 32.2. The third-order valence-corrected chi connectivity index (χ3v) is 15.8. The summed E-state index contributed by atoms with van der Waals surface area (Å²) in [5.41, 5.74) is 0.974. The smallest absolute Gasteiger partial charge is 0.328 e. The number of methoxy groups -OCH3 is 2. The van der Waals surface area contributed by atoms with Crippen LogP contribution in [-0.4, -0.2) is 154 Å². The van der Waals surface area contributed by atoms with Gasteiger partial charge in [0.2, 0.25) is 15.8 Å². The molecule has 2 saturated heterocycles. The van der Waals surface area contributed by atoms with Crippen LogP contribution in [0, 0.1) is 29.6 Å². The summed E-state index contributed by atoms with van der Waals surface area (Å²) in [7, 11) is 0.539. The highest BCUT2D eigenvalue weighted by molar-refractivity contribution is 7.88. The zero-order chi connectivity index (χ0) is 52.8. The lowest BCUT2D eigenvalue weighted by Gasteiger charge is -2.42. The van der Waals surface area contributed by atoms with Crippen molar-refractivity contribution in [1.82, 2.24) is 9.62 Å². The van der Waals surface area contributed by atoms with E-state index in [0.717, 1.165) is 36.8 Å². The zero-order valence-corrected chi connectivity index (χ0v) is 44.8. The van der Waals surface area contributed by atoms with Crippen molar-refractivity contribution in [2.24, 2.45) is 29.6 Å². The van der Waals surface area contributed by atoms with E-state index in [9.17, 15) is 42.6 Å². The molecular weight excluding hydrogens is 937 g/mol. The number of aliphatic hydroxyl groups is 2. The summed E-state index contributed by atoms with van der Waals surface area (Å²) in [6, 6.07) is -2.14. The average Bonchev–Trinajstić information content (AvgIpc) is 3.33. The van der Waals surface area contributed by atoms with Crippen LogP contribution >= 0.6 is 0 Å². The number of carbonyl (C=O) groups is 5. The number of ketones is 3. The molecule has 4 aliphatic rings. The number of nitrogens with one attached hydrogen (secondary N) is 1. The third-order valence-electron chi connectivity index (χ3n) is 15.1. The number of esters is 1. The first kappa shape index (κ1) is 60.1. The molecule has 3 fully saturated rings. The molecule has 0 radical (unpaired) electrons. The number of amides is 1. The quantitative estimate of drug-likeness (QED) is 0.147. The summed E-state index contributed by atoms with van der Waals surface area (Å²) in [6.45, 7) is 13.0. The molecule has 18 heteroatoms. The number of fused-ring (bicyclic) bond motifs is 2. The molecule has 0 aromatic heterocycles. The molecule has 14 atom stereocenters. The van der Waals surface area contributed by atoms with Gasteiger partial charge in [-0.2, -0.15) is 0 Å². The van der Waals surface area contributed by atoms with Crippen LogP contribution in [0.1, 0.15) is 126 Å². The fraction of sp³-hybridized carbons (Fsp3) is 0.755. The predicted molar refractivity (Wildman–Crippen MR) is 267 cm³/mol. The first-order valence-corrected chi connectivity index (χ1v) is 27.4. The van der Waals surface area contributed by atoms with Gasteiger partial charge in [0, 0.05) is 64.7 Å². The maximum atomic E-state index is 14.2. The number of allylic oxidation sites excluding steroid dienone is 6. The average molecular weight is 1020 g/mol. The Balaban J connectivity index is 1.65. The molecule has 1 amide bonds. The van der Waals surface area contributed by atoms with Gasteiger partial charge in [-0.3, -0.25) is 19.2 Å². The minimum absolute atomic E-state index is 0.0286. The summed E-state index contributed by atoms with van der Waals surface area (Å²) in [5, 5.41) is 23.3. The molecule has 2 bridgehead atoms. The van der Waals surface area contributed by atoms with Crippen LogP contribution in [0.5, 0.6) is 0 Å². The van der Waals surface area contributed by atoms with E-state index < -0.39 is 87.7 Å². The Bertz CT molecular complexity index is 2050. The lowest BCUT2D eigenvalue weighted by Crippen LogP contribution is -2.59. The molecule has 3 aliphatic heterocycles. The molecular formula is C53H84N2O15S. The van der Waals surface area contributed by atoms with Crippen LogP contribution in [-0.2, 0) is 62.4 Å². The van der Waals surface area contributed by atoms with Gasteiger partial charge in [-0.05, 0) is 109 Å². The van der Waals surface area contributed by atoms with Crippen LogP contribution in [0.3, 0.4) is 0 Å². The highest BCUT2D eigenvalue weighted by Crippen LogP contribution is 2.38. The Morgan fingerprint density at radius 3 is 2.23 bits per heavy atom. The van der Waals surface area contributed by atoms with E-state index in [-0.39, 0.29) is 61.0 Å². The van der Waals surface area contributed by atoms with Crippen molar-refractivity contribution in [1.29, 1.82) is 0 Å². The minimum Gasteiger partial charge on any atom is -0.460 e. The number of cyclic esters (lactones) is 1. The lowest BCUT2D eigenvalue weighted by atomic mass is 9.78. The fourth-order valence-corrected chi connectivity index (χ4v) is 10.9. The third kappa shape index (κ3) is 17.3. The Morgan fingerprint density at radius 2 is 1.58 bits per heavy atom. The molecule has 4 rings (SSSR count). The normalized spacial score (nSPS) is 37.8.